The van der Waals surface area contributed by atoms with Gasteiger partial charge in [0, 0.05) is 31.1 Å². The molecule has 0 amide bonds. The predicted molar refractivity (Wildman–Crippen MR) is 70.9 cm³/mol. The largest absolute Gasteiger partial charge is 0.381 e. The van der Waals surface area contributed by atoms with E-state index in [1.54, 1.807) is 4.31 Å². The van der Waals surface area contributed by atoms with Crippen molar-refractivity contribution in [1.29, 1.82) is 0 Å². The van der Waals surface area contributed by atoms with E-state index in [9.17, 15) is 8.42 Å². The van der Waals surface area contributed by atoms with Crippen molar-refractivity contribution in [2.45, 2.75) is 43.4 Å². The molecule has 0 bridgehead atoms. The standard InChI is InChI=1S/C11H20BrNO3S/c12-9-10-3-1-2-6-13(10)17(14,15)11-4-7-16-8-5-11/h10-11H,1-9H2. The molecule has 0 spiro atoms. The molecule has 0 N–H and O–H groups in total. The SMILES string of the molecule is O=S(=O)(C1CCOCC1)N1CCCCC1CBr. The van der Waals surface area contributed by atoms with Crippen molar-refractivity contribution in [1.82, 2.24) is 4.31 Å². The predicted octanol–water partition coefficient (Wildman–Crippen LogP) is 1.74. The van der Waals surface area contributed by atoms with Crippen LogP contribution < -0.4 is 0 Å². The molecule has 0 aliphatic carbocycles. The summed E-state index contributed by atoms with van der Waals surface area (Å²) in [5.74, 6) is 0. The molecule has 6 heteroatoms. The van der Waals surface area contributed by atoms with Gasteiger partial charge in [-0.3, -0.25) is 0 Å². The summed E-state index contributed by atoms with van der Waals surface area (Å²) in [4.78, 5) is 0. The van der Waals surface area contributed by atoms with Crippen LogP contribution in [0.15, 0.2) is 0 Å². The first-order valence-electron chi connectivity index (χ1n) is 6.30. The lowest BCUT2D eigenvalue weighted by atomic mass is 10.1. The van der Waals surface area contributed by atoms with E-state index in [0.717, 1.165) is 24.6 Å². The molecule has 0 aromatic heterocycles. The van der Waals surface area contributed by atoms with E-state index in [1.165, 1.54) is 0 Å². The smallest absolute Gasteiger partial charge is 0.217 e. The van der Waals surface area contributed by atoms with Crippen LogP contribution >= 0.6 is 15.9 Å². The van der Waals surface area contributed by atoms with Crippen LogP contribution in [0.4, 0.5) is 0 Å². The molecular formula is C11H20BrNO3S. The Hall–Kier alpha value is 0.350. The zero-order valence-electron chi connectivity index (χ0n) is 9.98. The van der Waals surface area contributed by atoms with Crippen LogP contribution in [0.5, 0.6) is 0 Å². The van der Waals surface area contributed by atoms with Crippen molar-refractivity contribution in [3.8, 4) is 0 Å². The van der Waals surface area contributed by atoms with Crippen molar-refractivity contribution < 1.29 is 13.2 Å². The molecule has 2 aliphatic rings. The van der Waals surface area contributed by atoms with Crippen LogP contribution in [0.2, 0.25) is 0 Å². The van der Waals surface area contributed by atoms with Crippen molar-refractivity contribution in [2.75, 3.05) is 25.1 Å². The van der Waals surface area contributed by atoms with E-state index >= 15 is 0 Å². The number of sulfonamides is 1. The molecule has 2 fully saturated rings. The van der Waals surface area contributed by atoms with Gasteiger partial charge in [-0.15, -0.1) is 0 Å². The Bertz CT molecular complexity index is 341. The van der Waals surface area contributed by atoms with Crippen LogP contribution in [-0.4, -0.2) is 49.1 Å². The van der Waals surface area contributed by atoms with Gasteiger partial charge in [0.1, 0.15) is 0 Å². The third kappa shape index (κ3) is 3.03. The Morgan fingerprint density at radius 1 is 1.18 bits per heavy atom. The molecule has 2 aliphatic heterocycles. The van der Waals surface area contributed by atoms with Gasteiger partial charge in [0.15, 0.2) is 0 Å². The molecule has 1 atom stereocenters. The third-order valence-corrected chi connectivity index (χ3v) is 6.86. The highest BCUT2D eigenvalue weighted by Crippen LogP contribution is 2.27. The molecule has 100 valence electrons. The number of hydrogen-bond acceptors (Lipinski definition) is 3. The Morgan fingerprint density at radius 2 is 1.88 bits per heavy atom. The zero-order valence-corrected chi connectivity index (χ0v) is 12.4. The molecule has 17 heavy (non-hydrogen) atoms. The van der Waals surface area contributed by atoms with Crippen molar-refractivity contribution in [3.05, 3.63) is 0 Å². The molecule has 2 rings (SSSR count). The minimum atomic E-state index is -3.12. The van der Waals surface area contributed by atoms with Gasteiger partial charge in [0.05, 0.1) is 5.25 Å². The highest BCUT2D eigenvalue weighted by atomic mass is 79.9. The van der Waals surface area contributed by atoms with E-state index < -0.39 is 10.0 Å². The van der Waals surface area contributed by atoms with Gasteiger partial charge in [0.2, 0.25) is 10.0 Å². The van der Waals surface area contributed by atoms with Gasteiger partial charge in [-0.25, -0.2) is 8.42 Å². The van der Waals surface area contributed by atoms with E-state index in [0.29, 0.717) is 32.6 Å². The highest BCUT2D eigenvalue weighted by molar-refractivity contribution is 9.09. The average molecular weight is 326 g/mol. The van der Waals surface area contributed by atoms with Gasteiger partial charge in [-0.2, -0.15) is 4.31 Å². The third-order valence-electron chi connectivity index (χ3n) is 3.67. The summed E-state index contributed by atoms with van der Waals surface area (Å²) in [6.45, 7) is 1.85. The van der Waals surface area contributed by atoms with Crippen LogP contribution in [-0.2, 0) is 14.8 Å². The van der Waals surface area contributed by atoms with Gasteiger partial charge in [0.25, 0.3) is 0 Å². The minimum Gasteiger partial charge on any atom is -0.381 e. The lowest BCUT2D eigenvalue weighted by Crippen LogP contribution is -2.49. The molecule has 0 aromatic carbocycles. The monoisotopic (exact) mass is 325 g/mol. The number of piperidine rings is 1. The second-order valence-electron chi connectivity index (χ2n) is 4.77. The lowest BCUT2D eigenvalue weighted by Gasteiger charge is -2.37. The van der Waals surface area contributed by atoms with E-state index in [4.69, 9.17) is 4.74 Å². The molecule has 2 saturated heterocycles. The molecule has 4 nitrogen and oxygen atoms in total. The average Bonchev–Trinajstić information content (AvgIpc) is 2.39. The Morgan fingerprint density at radius 3 is 2.53 bits per heavy atom. The fourth-order valence-corrected chi connectivity index (χ4v) is 5.64. The Kier molecular flexibility index (Phi) is 4.86. The second kappa shape index (κ2) is 5.99. The maximum atomic E-state index is 12.6. The first-order valence-corrected chi connectivity index (χ1v) is 8.93. The maximum Gasteiger partial charge on any atom is 0.217 e. The zero-order chi connectivity index (χ0) is 12.3. The molecule has 0 aromatic rings. The molecular weight excluding hydrogens is 306 g/mol. The van der Waals surface area contributed by atoms with E-state index in [-0.39, 0.29) is 11.3 Å². The first-order chi connectivity index (χ1) is 8.16. The maximum absolute atomic E-state index is 12.6. The van der Waals surface area contributed by atoms with Crippen LogP contribution in [0.1, 0.15) is 32.1 Å². The van der Waals surface area contributed by atoms with Crippen molar-refractivity contribution in [2.24, 2.45) is 0 Å². The Labute approximate surface area is 112 Å². The summed E-state index contributed by atoms with van der Waals surface area (Å²) >= 11 is 3.44. The van der Waals surface area contributed by atoms with Gasteiger partial charge in [-0.05, 0) is 25.7 Å². The summed E-state index contributed by atoms with van der Waals surface area (Å²) in [7, 11) is -3.12. The fourth-order valence-electron chi connectivity index (χ4n) is 2.63. The topological polar surface area (TPSA) is 46.6 Å². The van der Waals surface area contributed by atoms with E-state index in [1.807, 2.05) is 0 Å². The molecule has 1 unspecified atom stereocenters. The number of hydrogen-bond donors (Lipinski definition) is 0. The Balaban J connectivity index is 2.11. The second-order valence-corrected chi connectivity index (χ2v) is 7.58. The molecule has 0 radical (unpaired) electrons. The van der Waals surface area contributed by atoms with Crippen molar-refractivity contribution >= 4 is 26.0 Å². The number of halogens is 1. The van der Waals surface area contributed by atoms with Crippen LogP contribution in [0.25, 0.3) is 0 Å². The molecule has 0 saturated carbocycles. The number of rotatable bonds is 3. The van der Waals surface area contributed by atoms with Crippen LogP contribution in [0.3, 0.4) is 0 Å². The van der Waals surface area contributed by atoms with Crippen LogP contribution in [0, 0.1) is 0 Å². The van der Waals surface area contributed by atoms with Gasteiger partial charge >= 0.3 is 0 Å². The first kappa shape index (κ1) is 13.8. The summed E-state index contributed by atoms with van der Waals surface area (Å²) in [5.41, 5.74) is 0. The highest BCUT2D eigenvalue weighted by Gasteiger charge is 2.37. The van der Waals surface area contributed by atoms with E-state index in [2.05, 4.69) is 15.9 Å². The van der Waals surface area contributed by atoms with Crippen molar-refractivity contribution in [3.63, 3.8) is 0 Å². The summed E-state index contributed by atoms with van der Waals surface area (Å²) in [6.07, 6.45) is 4.40. The minimum absolute atomic E-state index is 0.150. The van der Waals surface area contributed by atoms with Gasteiger partial charge < -0.3 is 4.74 Å². The summed E-state index contributed by atoms with van der Waals surface area (Å²) in [6, 6.07) is 0.150. The summed E-state index contributed by atoms with van der Waals surface area (Å²) < 4.78 is 32.1. The number of ether oxygens (including phenoxy) is 1. The number of nitrogens with zero attached hydrogens (tertiary/aromatic N) is 1. The lowest BCUT2D eigenvalue weighted by molar-refractivity contribution is 0.0964. The van der Waals surface area contributed by atoms with Gasteiger partial charge in [-0.1, -0.05) is 22.4 Å². The normalized spacial score (nSPS) is 29.4. The fraction of sp³-hybridized carbons (Fsp3) is 1.00. The summed E-state index contributed by atoms with van der Waals surface area (Å²) in [5, 5.41) is 0.519. The number of alkyl halides is 1. The quantitative estimate of drug-likeness (QED) is 0.742. The molecule has 2 heterocycles.